The number of hydrogen-bond acceptors (Lipinski definition) is 3. The summed E-state index contributed by atoms with van der Waals surface area (Å²) in [6, 6.07) is 55.4. The summed E-state index contributed by atoms with van der Waals surface area (Å²) in [5.74, 6) is 0. The Morgan fingerprint density at radius 1 is 0.611 bits per heavy atom. The van der Waals surface area contributed by atoms with Gasteiger partial charge in [0.05, 0.1) is 17.7 Å². The molecule has 0 radical (unpaired) electrons. The Bertz CT molecular complexity index is 2940. The molecule has 1 aliphatic rings. The zero-order valence-corrected chi connectivity index (χ0v) is 31.6. The second-order valence-corrected chi connectivity index (χ2v) is 16.3. The minimum atomic E-state index is -0.236. The second kappa shape index (κ2) is 12.6. The lowest BCUT2D eigenvalue weighted by molar-refractivity contribution is 0.376. The molecule has 2 aromatic heterocycles. The van der Waals surface area contributed by atoms with Crippen molar-refractivity contribution < 1.29 is 0 Å². The van der Waals surface area contributed by atoms with E-state index >= 15 is 0 Å². The van der Waals surface area contributed by atoms with Crippen LogP contribution in [0, 0.1) is 0 Å². The van der Waals surface area contributed by atoms with Gasteiger partial charge in [0.1, 0.15) is 0 Å². The van der Waals surface area contributed by atoms with Crippen LogP contribution in [0.25, 0.3) is 75.4 Å². The Morgan fingerprint density at radius 3 is 2.20 bits per heavy atom. The van der Waals surface area contributed by atoms with E-state index in [9.17, 15) is 0 Å². The fraction of sp³-hybridized carbons (Fsp3) is 0.120. The zero-order chi connectivity index (χ0) is 36.6. The number of nitrogens with two attached hydrogens (primary N) is 1. The van der Waals surface area contributed by atoms with Gasteiger partial charge in [-0.1, -0.05) is 129 Å². The van der Waals surface area contributed by atoms with E-state index in [1.165, 1.54) is 86.5 Å². The van der Waals surface area contributed by atoms with E-state index in [0.29, 0.717) is 6.67 Å². The van der Waals surface area contributed by atoms with Gasteiger partial charge in [0.25, 0.3) is 0 Å². The molecule has 4 heteroatoms. The van der Waals surface area contributed by atoms with Crippen molar-refractivity contribution in [1.29, 1.82) is 0 Å². The number of hydrogen-bond donors (Lipinski definition) is 1. The van der Waals surface area contributed by atoms with Crippen molar-refractivity contribution in [3.8, 4) is 33.4 Å². The fourth-order valence-corrected chi connectivity index (χ4v) is 10.0. The fourth-order valence-electron chi connectivity index (χ4n) is 8.78. The van der Waals surface area contributed by atoms with Gasteiger partial charge in [-0.3, -0.25) is 0 Å². The second-order valence-electron chi connectivity index (χ2n) is 15.3. The average molecular weight is 716 g/mol. The van der Waals surface area contributed by atoms with Crippen LogP contribution < -0.4 is 5.73 Å². The van der Waals surface area contributed by atoms with Crippen LogP contribution in [0.2, 0.25) is 0 Å². The molecular formula is C50H41N3S. The van der Waals surface area contributed by atoms with Crippen molar-refractivity contribution in [2.24, 2.45) is 5.73 Å². The van der Waals surface area contributed by atoms with Crippen LogP contribution in [0.4, 0.5) is 0 Å². The molecule has 10 rings (SSSR count). The van der Waals surface area contributed by atoms with Crippen molar-refractivity contribution in [3.63, 3.8) is 0 Å². The molecule has 54 heavy (non-hydrogen) atoms. The average Bonchev–Trinajstić information content (AvgIpc) is 3.82. The van der Waals surface area contributed by atoms with Crippen molar-refractivity contribution in [3.05, 3.63) is 181 Å². The molecular weight excluding hydrogens is 675 g/mol. The molecule has 0 saturated heterocycles. The summed E-state index contributed by atoms with van der Waals surface area (Å²) >= 11 is 1.88. The van der Waals surface area contributed by atoms with E-state index in [1.54, 1.807) is 0 Å². The van der Waals surface area contributed by atoms with Crippen molar-refractivity contribution in [2.75, 3.05) is 7.05 Å². The predicted molar refractivity (Wildman–Crippen MR) is 231 cm³/mol. The maximum atomic E-state index is 6.85. The number of rotatable bonds is 7. The van der Waals surface area contributed by atoms with E-state index in [2.05, 4.69) is 194 Å². The molecule has 0 spiro atoms. The summed E-state index contributed by atoms with van der Waals surface area (Å²) in [6.07, 6.45) is 4.24. The predicted octanol–water partition coefficient (Wildman–Crippen LogP) is 12.9. The van der Waals surface area contributed by atoms with Crippen molar-refractivity contribution in [2.45, 2.75) is 32.0 Å². The first kappa shape index (κ1) is 32.7. The molecule has 1 atom stereocenters. The summed E-state index contributed by atoms with van der Waals surface area (Å²) in [4.78, 5) is 2.22. The SMILES string of the molecule is CN(/C=C\C(N)c1cccc(-c2ccc3c(c2)C(C)(C)c2ccccc2-3)c1)Cn1c2ccccc2c2cc(-c3cccc4c3sc3ccccc34)ccc21. The molecule has 2 N–H and O–H groups in total. The van der Waals surface area contributed by atoms with Crippen LogP contribution in [0.1, 0.15) is 36.6 Å². The third-order valence-electron chi connectivity index (χ3n) is 11.6. The van der Waals surface area contributed by atoms with E-state index in [-0.39, 0.29) is 11.5 Å². The van der Waals surface area contributed by atoms with Crippen LogP contribution in [-0.2, 0) is 12.1 Å². The maximum absolute atomic E-state index is 6.85. The van der Waals surface area contributed by atoms with Gasteiger partial charge < -0.3 is 15.2 Å². The summed E-state index contributed by atoms with van der Waals surface area (Å²) in [6.45, 7) is 5.37. The first-order chi connectivity index (χ1) is 26.3. The van der Waals surface area contributed by atoms with Gasteiger partial charge in [0.15, 0.2) is 0 Å². The van der Waals surface area contributed by atoms with Crippen LogP contribution in [0.15, 0.2) is 164 Å². The lowest BCUT2D eigenvalue weighted by Gasteiger charge is -2.22. The highest BCUT2D eigenvalue weighted by Gasteiger charge is 2.35. The Hall–Kier alpha value is -5.94. The Morgan fingerprint density at radius 2 is 1.30 bits per heavy atom. The van der Waals surface area contributed by atoms with Crippen LogP contribution in [-0.4, -0.2) is 16.5 Å². The first-order valence-electron chi connectivity index (χ1n) is 18.8. The maximum Gasteiger partial charge on any atom is 0.0943 e. The number of aromatic nitrogens is 1. The van der Waals surface area contributed by atoms with Crippen LogP contribution in [0.5, 0.6) is 0 Å². The van der Waals surface area contributed by atoms with Gasteiger partial charge in [0, 0.05) is 49.4 Å². The Labute approximate surface area is 320 Å². The lowest BCUT2D eigenvalue weighted by atomic mass is 9.81. The van der Waals surface area contributed by atoms with Gasteiger partial charge in [-0.15, -0.1) is 11.3 Å². The summed E-state index contributed by atoms with van der Waals surface area (Å²) in [5.41, 5.74) is 20.8. The zero-order valence-electron chi connectivity index (χ0n) is 30.8. The molecule has 0 bridgehead atoms. The van der Waals surface area contributed by atoms with E-state index in [4.69, 9.17) is 5.73 Å². The quantitative estimate of drug-likeness (QED) is 0.178. The van der Waals surface area contributed by atoms with Crippen molar-refractivity contribution >= 4 is 53.3 Å². The normalized spacial score (nSPS) is 14.0. The number of thiophene rings is 1. The topological polar surface area (TPSA) is 34.2 Å². The highest BCUT2D eigenvalue weighted by molar-refractivity contribution is 7.26. The van der Waals surface area contributed by atoms with Crippen LogP contribution >= 0.6 is 11.3 Å². The summed E-state index contributed by atoms with van der Waals surface area (Å²) in [5, 5.41) is 5.19. The van der Waals surface area contributed by atoms with Gasteiger partial charge in [-0.2, -0.15) is 0 Å². The molecule has 1 aliphatic carbocycles. The molecule has 9 aromatic rings. The van der Waals surface area contributed by atoms with E-state index in [1.807, 2.05) is 11.3 Å². The molecule has 262 valence electrons. The number of para-hydroxylation sites is 1. The molecule has 0 amide bonds. The minimum absolute atomic E-state index is 0.0315. The van der Waals surface area contributed by atoms with Gasteiger partial charge in [-0.25, -0.2) is 0 Å². The number of benzene rings is 7. The van der Waals surface area contributed by atoms with Crippen LogP contribution in [0.3, 0.4) is 0 Å². The van der Waals surface area contributed by atoms with Gasteiger partial charge >= 0.3 is 0 Å². The number of fused-ring (bicyclic) bond motifs is 9. The smallest absolute Gasteiger partial charge is 0.0943 e. The minimum Gasteiger partial charge on any atom is -0.363 e. The van der Waals surface area contributed by atoms with E-state index in [0.717, 1.165) is 5.56 Å². The van der Waals surface area contributed by atoms with Gasteiger partial charge in [-0.05, 0) is 98.7 Å². The van der Waals surface area contributed by atoms with Gasteiger partial charge in [0.2, 0.25) is 0 Å². The molecule has 0 fully saturated rings. The molecule has 1 unspecified atom stereocenters. The highest BCUT2D eigenvalue weighted by Crippen LogP contribution is 2.49. The molecule has 0 aliphatic heterocycles. The van der Waals surface area contributed by atoms with Crippen molar-refractivity contribution in [1.82, 2.24) is 9.47 Å². The molecule has 3 nitrogen and oxygen atoms in total. The standard InChI is InChI=1S/C50H41N3S/c1-50(2)43-19-7-4-14-37(43)38-24-22-33(30-44(38)50)32-12-10-13-35(28-32)45(51)26-27-52(3)31-53-46-20-8-5-15-39(46)42-29-34(23-25-47(42)53)36-17-11-18-41-40-16-6-9-21-48(40)54-49(36)41/h4-30,45H,31,51H2,1-3H3/b27-26-. The summed E-state index contributed by atoms with van der Waals surface area (Å²) < 4.78 is 5.09. The summed E-state index contributed by atoms with van der Waals surface area (Å²) in [7, 11) is 2.13. The molecule has 7 aromatic carbocycles. The van der Waals surface area contributed by atoms with E-state index < -0.39 is 0 Å². The monoisotopic (exact) mass is 715 g/mol. The lowest BCUT2D eigenvalue weighted by Crippen LogP contribution is -2.17. The third-order valence-corrected chi connectivity index (χ3v) is 12.8. The third kappa shape index (κ3) is 5.20. The Kier molecular flexibility index (Phi) is 7.62. The Balaban J connectivity index is 0.923. The molecule has 0 saturated carbocycles. The highest BCUT2D eigenvalue weighted by atomic mass is 32.1. The number of nitrogens with zero attached hydrogens (tertiary/aromatic N) is 2. The largest absolute Gasteiger partial charge is 0.363 e. The molecule has 2 heterocycles. The first-order valence-corrected chi connectivity index (χ1v) is 19.6.